The van der Waals surface area contributed by atoms with Crippen molar-refractivity contribution < 1.29 is 9.53 Å². The van der Waals surface area contributed by atoms with E-state index in [0.717, 1.165) is 37.1 Å². The van der Waals surface area contributed by atoms with Crippen LogP contribution in [0.4, 0.5) is 5.82 Å². The lowest BCUT2D eigenvalue weighted by molar-refractivity contribution is -0.142. The van der Waals surface area contributed by atoms with Crippen LogP contribution in [0.1, 0.15) is 19.3 Å². The first-order valence-electron chi connectivity index (χ1n) is 6.44. The molecule has 3 heterocycles. The summed E-state index contributed by atoms with van der Waals surface area (Å²) in [6, 6.07) is 1.66. The summed E-state index contributed by atoms with van der Waals surface area (Å²) in [6.45, 7) is 0.817. The minimum absolute atomic E-state index is 0.192. The molecule has 2 aromatic rings. The van der Waals surface area contributed by atoms with Crippen LogP contribution < -0.4 is 4.90 Å². The highest BCUT2D eigenvalue weighted by molar-refractivity contribution is 5.82. The Labute approximate surface area is 111 Å². The van der Waals surface area contributed by atoms with Crippen LogP contribution in [0.5, 0.6) is 0 Å². The third-order valence-electron chi connectivity index (χ3n) is 3.55. The number of anilines is 1. The van der Waals surface area contributed by atoms with Gasteiger partial charge < -0.3 is 9.64 Å². The third-order valence-corrected chi connectivity index (χ3v) is 3.55. The number of hydrogen-bond acceptors (Lipinski definition) is 5. The van der Waals surface area contributed by atoms with Crippen molar-refractivity contribution in [1.82, 2.24) is 14.6 Å². The number of esters is 1. The van der Waals surface area contributed by atoms with Crippen molar-refractivity contribution in [3.05, 3.63) is 24.7 Å². The van der Waals surface area contributed by atoms with E-state index in [1.165, 1.54) is 7.11 Å². The lowest BCUT2D eigenvalue weighted by Crippen LogP contribution is -2.46. The molecule has 1 saturated heterocycles. The van der Waals surface area contributed by atoms with Gasteiger partial charge in [0.2, 0.25) is 0 Å². The molecule has 1 aliphatic heterocycles. The van der Waals surface area contributed by atoms with Crippen molar-refractivity contribution in [2.24, 2.45) is 0 Å². The zero-order valence-electron chi connectivity index (χ0n) is 10.8. The van der Waals surface area contributed by atoms with Gasteiger partial charge in [-0.2, -0.15) is 5.10 Å². The number of ether oxygens (including phenoxy) is 1. The summed E-state index contributed by atoms with van der Waals surface area (Å²) in [4.78, 5) is 18.4. The van der Waals surface area contributed by atoms with Crippen molar-refractivity contribution in [2.45, 2.75) is 25.3 Å². The van der Waals surface area contributed by atoms with E-state index in [9.17, 15) is 4.79 Å². The van der Waals surface area contributed by atoms with Crippen LogP contribution in [0.25, 0.3) is 5.52 Å². The Morgan fingerprint density at radius 1 is 1.42 bits per heavy atom. The molecule has 1 fully saturated rings. The Morgan fingerprint density at radius 2 is 2.32 bits per heavy atom. The van der Waals surface area contributed by atoms with Crippen LogP contribution in [-0.4, -0.2) is 40.3 Å². The standard InChI is InChI=1S/C13H16N4O2/c1-19-13(18)11-4-2-3-8-16(11)12-10-5-6-15-17(10)9-7-14-12/h5-7,9,11H,2-4,8H2,1H3. The van der Waals surface area contributed by atoms with E-state index >= 15 is 0 Å². The summed E-state index contributed by atoms with van der Waals surface area (Å²) in [5.41, 5.74) is 0.915. The lowest BCUT2D eigenvalue weighted by Gasteiger charge is -2.34. The van der Waals surface area contributed by atoms with Gasteiger partial charge in [0, 0.05) is 18.9 Å². The molecule has 3 rings (SSSR count). The lowest BCUT2D eigenvalue weighted by atomic mass is 10.0. The van der Waals surface area contributed by atoms with E-state index in [1.54, 1.807) is 23.1 Å². The van der Waals surface area contributed by atoms with Gasteiger partial charge in [-0.3, -0.25) is 0 Å². The highest BCUT2D eigenvalue weighted by Gasteiger charge is 2.31. The average molecular weight is 260 g/mol. The van der Waals surface area contributed by atoms with Crippen molar-refractivity contribution in [1.29, 1.82) is 0 Å². The molecule has 100 valence electrons. The van der Waals surface area contributed by atoms with Crippen LogP contribution in [0.3, 0.4) is 0 Å². The number of piperidine rings is 1. The van der Waals surface area contributed by atoms with Gasteiger partial charge in [0.05, 0.1) is 13.3 Å². The SMILES string of the molecule is COC(=O)C1CCCCN1c1nccn2nccc12. The smallest absolute Gasteiger partial charge is 0.328 e. The van der Waals surface area contributed by atoms with Gasteiger partial charge in [-0.05, 0) is 25.3 Å². The van der Waals surface area contributed by atoms with Crippen molar-refractivity contribution in [3.8, 4) is 0 Å². The number of rotatable bonds is 2. The normalized spacial score (nSPS) is 19.6. The van der Waals surface area contributed by atoms with Crippen LogP contribution in [0.15, 0.2) is 24.7 Å². The summed E-state index contributed by atoms with van der Waals surface area (Å²) < 4.78 is 6.67. The minimum Gasteiger partial charge on any atom is -0.467 e. The largest absolute Gasteiger partial charge is 0.467 e. The molecular weight excluding hydrogens is 244 g/mol. The van der Waals surface area contributed by atoms with Crippen LogP contribution >= 0.6 is 0 Å². The number of hydrogen-bond donors (Lipinski definition) is 0. The second-order valence-electron chi connectivity index (χ2n) is 4.64. The molecule has 0 radical (unpaired) electrons. The fraction of sp³-hybridized carbons (Fsp3) is 0.462. The Kier molecular flexibility index (Phi) is 3.06. The molecule has 1 aliphatic rings. The molecule has 19 heavy (non-hydrogen) atoms. The fourth-order valence-corrected chi connectivity index (χ4v) is 2.63. The Hall–Kier alpha value is -2.11. The first-order valence-corrected chi connectivity index (χ1v) is 6.44. The predicted octanol–water partition coefficient (Wildman–Crippen LogP) is 1.26. The molecule has 0 aromatic carbocycles. The predicted molar refractivity (Wildman–Crippen MR) is 70.0 cm³/mol. The zero-order valence-corrected chi connectivity index (χ0v) is 10.8. The van der Waals surface area contributed by atoms with Gasteiger partial charge in [-0.15, -0.1) is 0 Å². The van der Waals surface area contributed by atoms with Gasteiger partial charge in [0.25, 0.3) is 0 Å². The highest BCUT2D eigenvalue weighted by Crippen LogP contribution is 2.26. The Balaban J connectivity index is 2.02. The number of aromatic nitrogens is 3. The van der Waals surface area contributed by atoms with Crippen molar-refractivity contribution in [3.63, 3.8) is 0 Å². The van der Waals surface area contributed by atoms with Crippen LogP contribution in [0, 0.1) is 0 Å². The van der Waals surface area contributed by atoms with Crippen molar-refractivity contribution in [2.75, 3.05) is 18.6 Å². The number of carbonyl (C=O) groups excluding carboxylic acids is 1. The summed E-state index contributed by atoms with van der Waals surface area (Å²) >= 11 is 0. The second-order valence-corrected chi connectivity index (χ2v) is 4.64. The first-order chi connectivity index (χ1) is 9.31. The van der Waals surface area contributed by atoms with E-state index in [1.807, 2.05) is 11.0 Å². The third kappa shape index (κ3) is 2.03. The van der Waals surface area contributed by atoms with Crippen molar-refractivity contribution >= 4 is 17.3 Å². The van der Waals surface area contributed by atoms with Gasteiger partial charge in [-0.1, -0.05) is 0 Å². The minimum atomic E-state index is -0.243. The molecule has 6 heteroatoms. The molecule has 1 unspecified atom stereocenters. The highest BCUT2D eigenvalue weighted by atomic mass is 16.5. The number of nitrogens with zero attached hydrogens (tertiary/aromatic N) is 4. The van der Waals surface area contributed by atoms with Crippen LogP contribution in [0.2, 0.25) is 0 Å². The molecule has 1 atom stereocenters. The summed E-state index contributed by atoms with van der Waals surface area (Å²) in [6.07, 6.45) is 8.15. The molecule has 0 saturated carbocycles. The molecule has 0 spiro atoms. The summed E-state index contributed by atoms with van der Waals surface area (Å²) in [7, 11) is 1.43. The summed E-state index contributed by atoms with van der Waals surface area (Å²) in [5.74, 6) is 0.609. The zero-order chi connectivity index (χ0) is 13.2. The van der Waals surface area contributed by atoms with E-state index < -0.39 is 0 Å². The Morgan fingerprint density at radius 3 is 3.16 bits per heavy atom. The Bertz CT molecular complexity index is 595. The van der Waals surface area contributed by atoms with Crippen LogP contribution in [-0.2, 0) is 9.53 Å². The summed E-state index contributed by atoms with van der Waals surface area (Å²) in [5, 5.41) is 4.20. The maximum Gasteiger partial charge on any atom is 0.328 e. The van der Waals surface area contributed by atoms with Gasteiger partial charge in [0.15, 0.2) is 5.82 Å². The number of carbonyl (C=O) groups is 1. The maximum atomic E-state index is 11.9. The molecule has 0 N–H and O–H groups in total. The molecule has 2 aromatic heterocycles. The second kappa shape index (κ2) is 4.87. The average Bonchev–Trinajstić information content (AvgIpc) is 2.94. The fourth-order valence-electron chi connectivity index (χ4n) is 2.63. The molecular formula is C13H16N4O2. The van der Waals surface area contributed by atoms with E-state index in [0.29, 0.717) is 0 Å². The van der Waals surface area contributed by atoms with E-state index in [4.69, 9.17) is 4.74 Å². The topological polar surface area (TPSA) is 59.7 Å². The number of fused-ring (bicyclic) bond motifs is 1. The number of methoxy groups -OCH3 is 1. The monoisotopic (exact) mass is 260 g/mol. The quantitative estimate of drug-likeness (QED) is 0.761. The molecule has 0 amide bonds. The van der Waals surface area contributed by atoms with E-state index in [-0.39, 0.29) is 12.0 Å². The van der Waals surface area contributed by atoms with Gasteiger partial charge in [0.1, 0.15) is 11.6 Å². The molecule has 0 bridgehead atoms. The van der Waals surface area contributed by atoms with Gasteiger partial charge in [-0.25, -0.2) is 14.3 Å². The van der Waals surface area contributed by atoms with E-state index in [2.05, 4.69) is 10.1 Å². The van der Waals surface area contributed by atoms with Gasteiger partial charge >= 0.3 is 5.97 Å². The maximum absolute atomic E-state index is 11.9. The first kappa shape index (κ1) is 12.0. The molecule has 0 aliphatic carbocycles. The molecule has 6 nitrogen and oxygen atoms in total.